The van der Waals surface area contributed by atoms with E-state index in [9.17, 15) is 4.79 Å². The highest BCUT2D eigenvalue weighted by atomic mass is 35.5. The lowest BCUT2D eigenvalue weighted by Gasteiger charge is -2.32. The number of nitrogens with one attached hydrogen (secondary N) is 2. The van der Waals surface area contributed by atoms with Crippen LogP contribution >= 0.6 is 24.8 Å². The summed E-state index contributed by atoms with van der Waals surface area (Å²) in [5, 5.41) is 6.29. The van der Waals surface area contributed by atoms with E-state index in [-0.39, 0.29) is 42.7 Å². The Hall–Kier alpha value is -0.880. The van der Waals surface area contributed by atoms with Gasteiger partial charge in [0.2, 0.25) is 5.91 Å². The van der Waals surface area contributed by atoms with Crippen LogP contribution in [0.3, 0.4) is 0 Å². The first kappa shape index (κ1) is 18.2. The summed E-state index contributed by atoms with van der Waals surface area (Å²) < 4.78 is 5.65. The number of carbonyl (C=O) groups excluding carboxylic acids is 1. The Morgan fingerprint density at radius 1 is 1.43 bits per heavy atom. The van der Waals surface area contributed by atoms with Gasteiger partial charge >= 0.3 is 0 Å². The summed E-state index contributed by atoms with van der Waals surface area (Å²) in [6.07, 6.45) is 4.72. The molecular weight excluding hydrogens is 313 g/mol. The topological polar surface area (TPSA) is 63.2 Å². The zero-order valence-electron chi connectivity index (χ0n) is 11.7. The molecule has 2 fully saturated rings. The van der Waals surface area contributed by atoms with Crippen molar-refractivity contribution < 1.29 is 9.53 Å². The van der Waals surface area contributed by atoms with Gasteiger partial charge in [0.25, 0.3) is 0 Å². The van der Waals surface area contributed by atoms with Gasteiger partial charge in [-0.15, -0.1) is 24.8 Å². The van der Waals surface area contributed by atoms with Crippen LogP contribution in [0.15, 0.2) is 24.5 Å². The van der Waals surface area contributed by atoms with Crippen molar-refractivity contribution >= 4 is 30.7 Å². The van der Waals surface area contributed by atoms with Gasteiger partial charge in [-0.3, -0.25) is 9.78 Å². The van der Waals surface area contributed by atoms with Gasteiger partial charge in [-0.25, -0.2) is 0 Å². The number of pyridine rings is 1. The van der Waals surface area contributed by atoms with Crippen LogP contribution in [0.2, 0.25) is 0 Å². The van der Waals surface area contributed by atoms with E-state index >= 15 is 0 Å². The van der Waals surface area contributed by atoms with Crippen molar-refractivity contribution in [2.75, 3.05) is 19.7 Å². The van der Waals surface area contributed by atoms with Gasteiger partial charge in [0, 0.05) is 44.6 Å². The van der Waals surface area contributed by atoms with Crippen LogP contribution in [0.1, 0.15) is 12.0 Å². The number of piperidine rings is 1. The number of hydrogen-bond donors (Lipinski definition) is 2. The van der Waals surface area contributed by atoms with E-state index in [1.807, 2.05) is 12.1 Å². The number of ether oxygens (including phenoxy) is 1. The van der Waals surface area contributed by atoms with Gasteiger partial charge < -0.3 is 15.4 Å². The molecule has 3 rings (SSSR count). The Balaban J connectivity index is 0.00000110. The van der Waals surface area contributed by atoms with Crippen molar-refractivity contribution in [2.24, 2.45) is 11.8 Å². The molecule has 7 heteroatoms. The average Bonchev–Trinajstić information content (AvgIpc) is 2.94. The molecule has 1 aromatic heterocycles. The SMILES string of the molecule is Cl.Cl.O=C(NCc1cccnc1)[C@H]1CNC[C@H]2OCC[C@@H]12. The molecule has 2 aliphatic rings. The van der Waals surface area contributed by atoms with Gasteiger partial charge in [0.1, 0.15) is 0 Å². The predicted octanol–water partition coefficient (Wildman–Crippen LogP) is 1.17. The Morgan fingerprint density at radius 2 is 2.29 bits per heavy atom. The fourth-order valence-electron chi connectivity index (χ4n) is 2.98. The molecular formula is C14H21Cl2N3O2. The maximum atomic E-state index is 12.3. The minimum absolute atomic E-state index is 0. The molecule has 21 heavy (non-hydrogen) atoms. The fraction of sp³-hybridized carbons (Fsp3) is 0.571. The molecule has 1 amide bonds. The number of fused-ring (bicyclic) bond motifs is 1. The number of hydrogen-bond acceptors (Lipinski definition) is 4. The highest BCUT2D eigenvalue weighted by molar-refractivity contribution is 5.85. The Morgan fingerprint density at radius 3 is 3.05 bits per heavy atom. The number of amides is 1. The van der Waals surface area contributed by atoms with E-state index in [1.54, 1.807) is 12.4 Å². The van der Waals surface area contributed by atoms with E-state index in [2.05, 4.69) is 15.6 Å². The minimum Gasteiger partial charge on any atom is -0.377 e. The second kappa shape index (κ2) is 8.54. The number of carbonyl (C=O) groups is 1. The molecule has 0 saturated carbocycles. The van der Waals surface area contributed by atoms with Crippen LogP contribution in [0, 0.1) is 11.8 Å². The molecule has 2 N–H and O–H groups in total. The van der Waals surface area contributed by atoms with E-state index < -0.39 is 0 Å². The zero-order valence-corrected chi connectivity index (χ0v) is 13.3. The summed E-state index contributed by atoms with van der Waals surface area (Å²) in [6.45, 7) is 2.95. The van der Waals surface area contributed by atoms with Crippen LogP contribution in [0.25, 0.3) is 0 Å². The molecule has 3 atom stereocenters. The second-order valence-electron chi connectivity index (χ2n) is 5.21. The Kier molecular flexibility index (Phi) is 7.39. The molecule has 0 aromatic carbocycles. The highest BCUT2D eigenvalue weighted by Crippen LogP contribution is 2.30. The maximum absolute atomic E-state index is 12.3. The molecule has 0 spiro atoms. The predicted molar refractivity (Wildman–Crippen MR) is 84.8 cm³/mol. The molecule has 0 aliphatic carbocycles. The average molecular weight is 334 g/mol. The minimum atomic E-state index is 0. The van der Waals surface area contributed by atoms with Gasteiger partial charge in [0.15, 0.2) is 0 Å². The number of halogens is 2. The van der Waals surface area contributed by atoms with Crippen LogP contribution < -0.4 is 10.6 Å². The van der Waals surface area contributed by atoms with Crippen LogP contribution in [-0.4, -0.2) is 36.7 Å². The van der Waals surface area contributed by atoms with E-state index in [4.69, 9.17) is 4.74 Å². The molecule has 118 valence electrons. The molecule has 5 nitrogen and oxygen atoms in total. The fourth-order valence-corrected chi connectivity index (χ4v) is 2.98. The molecule has 3 heterocycles. The third kappa shape index (κ3) is 4.30. The molecule has 0 bridgehead atoms. The first-order chi connectivity index (χ1) is 9.34. The van der Waals surface area contributed by atoms with Gasteiger partial charge in [-0.05, 0) is 18.1 Å². The molecule has 0 unspecified atom stereocenters. The summed E-state index contributed by atoms with van der Waals surface area (Å²) >= 11 is 0. The summed E-state index contributed by atoms with van der Waals surface area (Å²) in [6, 6.07) is 3.85. The van der Waals surface area contributed by atoms with E-state index in [1.165, 1.54) is 0 Å². The lowest BCUT2D eigenvalue weighted by Crippen LogP contribution is -2.50. The second-order valence-corrected chi connectivity index (χ2v) is 5.21. The van der Waals surface area contributed by atoms with E-state index in [0.717, 1.165) is 31.7 Å². The van der Waals surface area contributed by atoms with Crippen LogP contribution in [-0.2, 0) is 16.1 Å². The third-order valence-electron chi connectivity index (χ3n) is 4.01. The summed E-state index contributed by atoms with van der Waals surface area (Å²) in [5.41, 5.74) is 1.03. The van der Waals surface area contributed by atoms with Crippen molar-refractivity contribution in [2.45, 2.75) is 19.1 Å². The summed E-state index contributed by atoms with van der Waals surface area (Å²) in [4.78, 5) is 16.3. The smallest absolute Gasteiger partial charge is 0.225 e. The Bertz CT molecular complexity index is 447. The molecule has 2 saturated heterocycles. The molecule has 0 radical (unpaired) electrons. The first-order valence-corrected chi connectivity index (χ1v) is 6.83. The highest BCUT2D eigenvalue weighted by Gasteiger charge is 2.40. The van der Waals surface area contributed by atoms with Crippen LogP contribution in [0.4, 0.5) is 0 Å². The molecule has 1 aromatic rings. The van der Waals surface area contributed by atoms with Crippen LogP contribution in [0.5, 0.6) is 0 Å². The van der Waals surface area contributed by atoms with Crippen molar-refractivity contribution in [3.63, 3.8) is 0 Å². The third-order valence-corrected chi connectivity index (χ3v) is 4.01. The lowest BCUT2D eigenvalue weighted by atomic mass is 9.83. The largest absolute Gasteiger partial charge is 0.377 e. The standard InChI is InChI=1S/C14H19N3O2.2ClH/c18-14(17-7-10-2-1-4-15-6-10)12-8-16-9-13-11(12)3-5-19-13;;/h1-2,4,6,11-13,16H,3,5,7-9H2,(H,17,18);2*1H/t11-,12-,13+;;/m0../s1. The van der Waals surface area contributed by atoms with Crippen molar-refractivity contribution in [1.82, 2.24) is 15.6 Å². The van der Waals surface area contributed by atoms with Crippen molar-refractivity contribution in [1.29, 1.82) is 0 Å². The monoisotopic (exact) mass is 333 g/mol. The number of aromatic nitrogens is 1. The molecule has 2 aliphatic heterocycles. The quantitative estimate of drug-likeness (QED) is 0.871. The zero-order chi connectivity index (χ0) is 13.1. The normalized spacial score (nSPS) is 27.0. The van der Waals surface area contributed by atoms with Gasteiger partial charge in [-0.2, -0.15) is 0 Å². The first-order valence-electron chi connectivity index (χ1n) is 6.83. The Labute approximate surface area is 137 Å². The van der Waals surface area contributed by atoms with E-state index in [0.29, 0.717) is 12.5 Å². The van der Waals surface area contributed by atoms with Gasteiger partial charge in [0.05, 0.1) is 12.0 Å². The van der Waals surface area contributed by atoms with Crippen molar-refractivity contribution in [3.05, 3.63) is 30.1 Å². The maximum Gasteiger partial charge on any atom is 0.225 e. The summed E-state index contributed by atoms with van der Waals surface area (Å²) in [7, 11) is 0. The van der Waals surface area contributed by atoms with Gasteiger partial charge in [-0.1, -0.05) is 6.07 Å². The number of rotatable bonds is 3. The number of nitrogens with zero attached hydrogens (tertiary/aromatic N) is 1. The lowest BCUT2D eigenvalue weighted by molar-refractivity contribution is -0.128. The summed E-state index contributed by atoms with van der Waals surface area (Å²) in [5.74, 6) is 0.518. The van der Waals surface area contributed by atoms with Crippen molar-refractivity contribution in [3.8, 4) is 0 Å².